The van der Waals surface area contributed by atoms with Crippen LogP contribution in [0.15, 0.2) is 0 Å². The number of hydrogen-bond donors (Lipinski definition) is 1. The van der Waals surface area contributed by atoms with Gasteiger partial charge in [-0.15, -0.1) is 0 Å². The highest BCUT2D eigenvalue weighted by atomic mass is 16.5. The fourth-order valence-electron chi connectivity index (χ4n) is 2.79. The van der Waals surface area contributed by atoms with Crippen molar-refractivity contribution in [2.75, 3.05) is 47.4 Å². The number of amides is 1. The second-order valence-corrected chi connectivity index (χ2v) is 6.56. The first-order chi connectivity index (χ1) is 8.87. The van der Waals surface area contributed by atoms with Crippen molar-refractivity contribution in [1.82, 2.24) is 15.1 Å². The number of carbonyl (C=O) groups is 1. The number of carbonyl (C=O) groups excluding carboxylic acids is 1. The molecule has 1 aliphatic carbocycles. The molecule has 0 aromatic heterocycles. The molecule has 2 aliphatic rings. The minimum Gasteiger partial charge on any atom is -0.363 e. The molecule has 110 valence electrons. The summed E-state index contributed by atoms with van der Waals surface area (Å²) in [4.78, 5) is 16.2. The number of ether oxygens (including phenoxy) is 1. The normalized spacial score (nSPS) is 23.6. The van der Waals surface area contributed by atoms with Crippen molar-refractivity contribution < 1.29 is 9.53 Å². The number of hydrogen-bond acceptors (Lipinski definition) is 4. The zero-order valence-electron chi connectivity index (χ0n) is 12.7. The first-order valence-corrected chi connectivity index (χ1v) is 7.13. The van der Waals surface area contributed by atoms with Crippen LogP contribution in [0.1, 0.15) is 26.2 Å². The molecular formula is C14H27N3O2. The Balaban J connectivity index is 1.78. The molecule has 0 spiro atoms. The molecule has 0 aromatic rings. The van der Waals surface area contributed by atoms with Gasteiger partial charge in [0.2, 0.25) is 5.91 Å². The SMILES string of the molecule is CN(CC1(N(C)C)CCC1)C(=O)COC1(C)CNC1. The van der Waals surface area contributed by atoms with E-state index in [0.717, 1.165) is 19.6 Å². The molecule has 5 nitrogen and oxygen atoms in total. The molecule has 1 N–H and O–H groups in total. The molecule has 2 fully saturated rings. The van der Waals surface area contributed by atoms with Gasteiger partial charge in [0, 0.05) is 32.2 Å². The molecule has 1 heterocycles. The zero-order valence-corrected chi connectivity index (χ0v) is 12.7. The molecule has 1 amide bonds. The van der Waals surface area contributed by atoms with Gasteiger partial charge in [-0.2, -0.15) is 0 Å². The summed E-state index contributed by atoms with van der Waals surface area (Å²) in [5.41, 5.74) is 0.0402. The molecule has 0 unspecified atom stereocenters. The third kappa shape index (κ3) is 3.09. The highest BCUT2D eigenvalue weighted by molar-refractivity contribution is 5.77. The summed E-state index contributed by atoms with van der Waals surface area (Å²) < 4.78 is 5.71. The van der Waals surface area contributed by atoms with Crippen LogP contribution in [0.2, 0.25) is 0 Å². The molecule has 0 atom stereocenters. The first-order valence-electron chi connectivity index (χ1n) is 7.13. The van der Waals surface area contributed by atoms with Crippen molar-refractivity contribution >= 4 is 5.91 Å². The average Bonchev–Trinajstić information content (AvgIpc) is 2.27. The Labute approximate surface area is 116 Å². The van der Waals surface area contributed by atoms with Crippen LogP contribution in [0.3, 0.4) is 0 Å². The standard InChI is InChI=1S/C14H27N3O2/c1-13(9-15-10-13)19-8-12(18)17(4)11-14(16(2)3)6-5-7-14/h15H,5-11H2,1-4H3. The molecule has 5 heteroatoms. The topological polar surface area (TPSA) is 44.8 Å². The van der Waals surface area contributed by atoms with E-state index in [-0.39, 0.29) is 23.7 Å². The highest BCUT2D eigenvalue weighted by Gasteiger charge is 2.41. The zero-order chi connectivity index (χ0) is 14.1. The lowest BCUT2D eigenvalue weighted by atomic mass is 9.75. The smallest absolute Gasteiger partial charge is 0.248 e. The van der Waals surface area contributed by atoms with Gasteiger partial charge in [0.15, 0.2) is 0 Å². The molecule has 1 saturated carbocycles. The molecule has 19 heavy (non-hydrogen) atoms. The minimum absolute atomic E-state index is 0.0845. The van der Waals surface area contributed by atoms with Gasteiger partial charge in [-0.05, 0) is 40.3 Å². The number of rotatable bonds is 6. The van der Waals surface area contributed by atoms with Gasteiger partial charge in [-0.3, -0.25) is 4.79 Å². The number of likely N-dealkylation sites (N-methyl/N-ethyl adjacent to an activating group) is 2. The van der Waals surface area contributed by atoms with Crippen molar-refractivity contribution in [3.8, 4) is 0 Å². The van der Waals surface area contributed by atoms with Gasteiger partial charge in [0.1, 0.15) is 6.61 Å². The summed E-state index contributed by atoms with van der Waals surface area (Å²) in [6, 6.07) is 0. The Morgan fingerprint density at radius 1 is 1.26 bits per heavy atom. The lowest BCUT2D eigenvalue weighted by molar-refractivity contribution is -0.147. The predicted molar refractivity (Wildman–Crippen MR) is 75.1 cm³/mol. The molecular weight excluding hydrogens is 242 g/mol. The van der Waals surface area contributed by atoms with Crippen molar-refractivity contribution in [2.45, 2.75) is 37.3 Å². The molecule has 0 radical (unpaired) electrons. The number of nitrogens with zero attached hydrogens (tertiary/aromatic N) is 2. The van der Waals surface area contributed by atoms with E-state index in [1.54, 1.807) is 0 Å². The van der Waals surface area contributed by atoms with Gasteiger partial charge in [0.05, 0.1) is 5.60 Å². The summed E-state index contributed by atoms with van der Waals surface area (Å²) in [6.45, 7) is 4.72. The van der Waals surface area contributed by atoms with Gasteiger partial charge >= 0.3 is 0 Å². The quantitative estimate of drug-likeness (QED) is 0.754. The fourth-order valence-corrected chi connectivity index (χ4v) is 2.79. The predicted octanol–water partition coefficient (Wildman–Crippen LogP) is 0.308. The Morgan fingerprint density at radius 2 is 1.89 bits per heavy atom. The third-order valence-corrected chi connectivity index (χ3v) is 4.73. The van der Waals surface area contributed by atoms with Crippen LogP contribution in [0.25, 0.3) is 0 Å². The van der Waals surface area contributed by atoms with Gasteiger partial charge in [-0.1, -0.05) is 0 Å². The first kappa shape index (κ1) is 14.8. The van der Waals surface area contributed by atoms with E-state index >= 15 is 0 Å². The molecule has 0 aromatic carbocycles. The maximum absolute atomic E-state index is 12.1. The largest absolute Gasteiger partial charge is 0.363 e. The third-order valence-electron chi connectivity index (χ3n) is 4.73. The van der Waals surface area contributed by atoms with Crippen molar-refractivity contribution in [2.24, 2.45) is 0 Å². The number of nitrogens with one attached hydrogen (secondary N) is 1. The van der Waals surface area contributed by atoms with E-state index in [4.69, 9.17) is 4.74 Å². The summed E-state index contributed by atoms with van der Waals surface area (Å²) in [5.74, 6) is 0.0845. The van der Waals surface area contributed by atoms with E-state index in [1.807, 2.05) is 18.9 Å². The summed E-state index contributed by atoms with van der Waals surface area (Å²) in [7, 11) is 6.10. The summed E-state index contributed by atoms with van der Waals surface area (Å²) in [5, 5.41) is 3.17. The van der Waals surface area contributed by atoms with Crippen LogP contribution in [-0.2, 0) is 9.53 Å². The van der Waals surface area contributed by atoms with Gasteiger partial charge < -0.3 is 19.9 Å². The van der Waals surface area contributed by atoms with Crippen LogP contribution in [0, 0.1) is 0 Å². The lowest BCUT2D eigenvalue weighted by Crippen LogP contribution is -2.60. The van der Waals surface area contributed by atoms with E-state index in [1.165, 1.54) is 19.3 Å². The second-order valence-electron chi connectivity index (χ2n) is 6.56. The Morgan fingerprint density at radius 3 is 2.26 bits per heavy atom. The summed E-state index contributed by atoms with van der Waals surface area (Å²) in [6.07, 6.45) is 3.63. The monoisotopic (exact) mass is 269 g/mol. The van der Waals surface area contributed by atoms with Crippen LogP contribution in [-0.4, -0.2) is 74.2 Å². The molecule has 1 saturated heterocycles. The Bertz CT molecular complexity index is 336. The van der Waals surface area contributed by atoms with Crippen LogP contribution in [0.5, 0.6) is 0 Å². The minimum atomic E-state index is -0.147. The van der Waals surface area contributed by atoms with Crippen molar-refractivity contribution in [3.05, 3.63) is 0 Å². The fraction of sp³-hybridized carbons (Fsp3) is 0.929. The van der Waals surface area contributed by atoms with E-state index in [9.17, 15) is 4.79 Å². The van der Waals surface area contributed by atoms with Gasteiger partial charge in [-0.25, -0.2) is 0 Å². The van der Waals surface area contributed by atoms with Crippen LogP contribution >= 0.6 is 0 Å². The van der Waals surface area contributed by atoms with Crippen molar-refractivity contribution in [1.29, 1.82) is 0 Å². The van der Waals surface area contributed by atoms with E-state index < -0.39 is 0 Å². The van der Waals surface area contributed by atoms with E-state index in [2.05, 4.69) is 24.3 Å². The average molecular weight is 269 g/mol. The Hall–Kier alpha value is -0.650. The maximum atomic E-state index is 12.1. The summed E-state index contributed by atoms with van der Waals surface area (Å²) >= 11 is 0. The van der Waals surface area contributed by atoms with Crippen LogP contribution in [0.4, 0.5) is 0 Å². The van der Waals surface area contributed by atoms with Gasteiger partial charge in [0.25, 0.3) is 0 Å². The second kappa shape index (κ2) is 5.38. The van der Waals surface area contributed by atoms with Crippen LogP contribution < -0.4 is 5.32 Å². The lowest BCUT2D eigenvalue weighted by Gasteiger charge is -2.49. The Kier molecular flexibility index (Phi) is 4.18. The maximum Gasteiger partial charge on any atom is 0.248 e. The highest BCUT2D eigenvalue weighted by Crippen LogP contribution is 2.36. The molecule has 2 rings (SSSR count). The molecule has 0 bridgehead atoms. The molecule has 1 aliphatic heterocycles. The van der Waals surface area contributed by atoms with Crippen molar-refractivity contribution in [3.63, 3.8) is 0 Å². The van der Waals surface area contributed by atoms with E-state index in [0.29, 0.717) is 0 Å².